The molecule has 0 amide bonds. The zero-order valence-corrected chi connectivity index (χ0v) is 16.3. The van der Waals surface area contributed by atoms with Crippen molar-refractivity contribution >= 4 is 0 Å². The van der Waals surface area contributed by atoms with Gasteiger partial charge in [0.05, 0.1) is 0 Å². The van der Waals surface area contributed by atoms with Crippen molar-refractivity contribution in [1.29, 1.82) is 0 Å². The van der Waals surface area contributed by atoms with Gasteiger partial charge in [-0.2, -0.15) is 0 Å². The second-order valence-electron chi connectivity index (χ2n) is 7.80. The number of hydrogen-bond donors (Lipinski definition) is 3. The minimum Gasteiger partial charge on any atom is -0.344 e. The number of allylic oxidation sites excluding steroid dienone is 10. The largest absolute Gasteiger partial charge is 0.344 e. The van der Waals surface area contributed by atoms with E-state index >= 15 is 0 Å². The van der Waals surface area contributed by atoms with Gasteiger partial charge in [0.1, 0.15) is 0 Å². The molecule has 25 heavy (non-hydrogen) atoms. The van der Waals surface area contributed by atoms with Crippen LogP contribution in [0.25, 0.3) is 0 Å². The first kappa shape index (κ1) is 21.6. The average Bonchev–Trinajstić information content (AvgIpc) is 2.44. The first-order chi connectivity index (χ1) is 11.5. The molecule has 0 spiro atoms. The minimum atomic E-state index is -2.58. The third-order valence-electron chi connectivity index (χ3n) is 4.72. The van der Waals surface area contributed by atoms with Crippen LogP contribution in [0.4, 0.5) is 0 Å². The molecule has 0 aromatic carbocycles. The van der Waals surface area contributed by atoms with Crippen molar-refractivity contribution < 1.29 is 15.3 Å². The lowest BCUT2D eigenvalue weighted by Gasteiger charge is -2.32. The predicted octanol–water partition coefficient (Wildman–Crippen LogP) is 4.93. The summed E-state index contributed by atoms with van der Waals surface area (Å²) in [4.78, 5) is 0. The van der Waals surface area contributed by atoms with Gasteiger partial charge in [0, 0.05) is 6.42 Å². The molecule has 3 nitrogen and oxygen atoms in total. The molecule has 0 fully saturated rings. The fourth-order valence-electron chi connectivity index (χ4n) is 3.19. The van der Waals surface area contributed by atoms with Crippen molar-refractivity contribution in [2.45, 2.75) is 72.7 Å². The number of hydrogen-bond acceptors (Lipinski definition) is 3. The Morgan fingerprint density at radius 1 is 1.12 bits per heavy atom. The van der Waals surface area contributed by atoms with Crippen LogP contribution in [0, 0.1) is 5.41 Å². The van der Waals surface area contributed by atoms with Crippen LogP contribution < -0.4 is 0 Å². The van der Waals surface area contributed by atoms with Gasteiger partial charge in [0.2, 0.25) is 0 Å². The Kier molecular flexibility index (Phi) is 8.07. The second-order valence-corrected chi connectivity index (χ2v) is 7.80. The van der Waals surface area contributed by atoms with E-state index in [0.29, 0.717) is 6.42 Å². The standard InChI is InChI=1S/C22H34O3/c1-17(11-7-16-22(23,24)25)9-6-10-18(2)13-14-20-19(3)12-8-15-21(20,4)5/h6,9-11,13-14,23-25H,7-8,12,15-16H2,1-5H3/b9-6+,14-13?,17-11-,18-10?. The van der Waals surface area contributed by atoms with Crippen LogP contribution in [0.1, 0.15) is 66.7 Å². The molecular weight excluding hydrogens is 312 g/mol. The van der Waals surface area contributed by atoms with Gasteiger partial charge in [0.15, 0.2) is 0 Å². The maximum atomic E-state index is 8.84. The Balaban J connectivity index is 2.65. The van der Waals surface area contributed by atoms with Gasteiger partial charge in [-0.25, -0.2) is 0 Å². The molecule has 3 N–H and O–H groups in total. The van der Waals surface area contributed by atoms with Crippen LogP contribution in [0.3, 0.4) is 0 Å². The lowest BCUT2D eigenvalue weighted by atomic mass is 9.72. The Labute approximate surface area is 152 Å². The molecule has 1 aliphatic rings. The molecular formula is C22H34O3. The van der Waals surface area contributed by atoms with E-state index in [0.717, 1.165) is 5.57 Å². The third kappa shape index (κ3) is 8.48. The molecule has 0 aromatic heterocycles. The first-order valence-electron chi connectivity index (χ1n) is 9.08. The van der Waals surface area contributed by atoms with E-state index in [1.54, 1.807) is 0 Å². The molecule has 0 atom stereocenters. The van der Waals surface area contributed by atoms with Gasteiger partial charge < -0.3 is 15.3 Å². The van der Waals surface area contributed by atoms with E-state index in [4.69, 9.17) is 15.3 Å². The highest BCUT2D eigenvalue weighted by Gasteiger charge is 2.26. The summed E-state index contributed by atoms with van der Waals surface area (Å²) < 4.78 is 0. The third-order valence-corrected chi connectivity index (χ3v) is 4.72. The summed E-state index contributed by atoms with van der Waals surface area (Å²) >= 11 is 0. The average molecular weight is 347 g/mol. The van der Waals surface area contributed by atoms with Gasteiger partial charge in [0.25, 0.3) is 5.97 Å². The highest BCUT2D eigenvalue weighted by Crippen LogP contribution is 2.40. The smallest absolute Gasteiger partial charge is 0.275 e. The summed E-state index contributed by atoms with van der Waals surface area (Å²) in [6, 6.07) is 0. The predicted molar refractivity (Wildman–Crippen MR) is 105 cm³/mol. The van der Waals surface area contributed by atoms with Crippen LogP contribution in [0.2, 0.25) is 0 Å². The summed E-state index contributed by atoms with van der Waals surface area (Å²) in [6.45, 7) is 10.9. The van der Waals surface area contributed by atoms with Crippen LogP contribution in [-0.2, 0) is 0 Å². The molecule has 1 rings (SSSR count). The van der Waals surface area contributed by atoms with Crippen LogP contribution in [0.5, 0.6) is 0 Å². The van der Waals surface area contributed by atoms with Gasteiger partial charge in [-0.3, -0.25) is 0 Å². The van der Waals surface area contributed by atoms with Crippen molar-refractivity contribution in [3.8, 4) is 0 Å². The zero-order chi connectivity index (χ0) is 19.1. The molecule has 0 saturated heterocycles. The highest BCUT2D eigenvalue weighted by atomic mass is 16.7. The van der Waals surface area contributed by atoms with Crippen molar-refractivity contribution in [3.63, 3.8) is 0 Å². The topological polar surface area (TPSA) is 60.7 Å². The first-order valence-corrected chi connectivity index (χ1v) is 9.08. The zero-order valence-electron chi connectivity index (χ0n) is 16.3. The fourth-order valence-corrected chi connectivity index (χ4v) is 3.19. The summed E-state index contributed by atoms with van der Waals surface area (Å²) in [5.74, 6) is -2.58. The van der Waals surface area contributed by atoms with Gasteiger partial charge in [-0.05, 0) is 57.4 Å². The number of aliphatic hydroxyl groups is 3. The van der Waals surface area contributed by atoms with Gasteiger partial charge >= 0.3 is 0 Å². The molecule has 0 aliphatic heterocycles. The SMILES string of the molecule is CC(C=CC1=C(C)CCCC1(C)C)=C/C=C/C(C)=C\CCC(O)(O)O. The Morgan fingerprint density at radius 3 is 2.40 bits per heavy atom. The Bertz CT molecular complexity index is 593. The van der Waals surface area contributed by atoms with E-state index < -0.39 is 5.97 Å². The Hall–Kier alpha value is -1.42. The summed E-state index contributed by atoms with van der Waals surface area (Å²) in [6.07, 6.45) is 16.4. The van der Waals surface area contributed by atoms with Crippen LogP contribution >= 0.6 is 0 Å². The fraction of sp³-hybridized carbons (Fsp3) is 0.545. The minimum absolute atomic E-state index is 0.0972. The van der Waals surface area contributed by atoms with Crippen molar-refractivity contribution in [2.24, 2.45) is 5.41 Å². The van der Waals surface area contributed by atoms with Crippen molar-refractivity contribution in [3.05, 3.63) is 58.7 Å². The number of rotatable bonds is 7. The second kappa shape index (κ2) is 9.33. The molecule has 1 aliphatic carbocycles. The van der Waals surface area contributed by atoms with Crippen molar-refractivity contribution in [2.75, 3.05) is 0 Å². The van der Waals surface area contributed by atoms with Crippen LogP contribution in [-0.4, -0.2) is 21.3 Å². The monoisotopic (exact) mass is 346 g/mol. The summed E-state index contributed by atoms with van der Waals surface area (Å²) in [7, 11) is 0. The molecule has 0 heterocycles. The quantitative estimate of drug-likeness (QED) is 0.452. The Morgan fingerprint density at radius 2 is 1.80 bits per heavy atom. The summed E-state index contributed by atoms with van der Waals surface area (Å²) in [5.41, 5.74) is 5.43. The van der Waals surface area contributed by atoms with E-state index in [9.17, 15) is 0 Å². The highest BCUT2D eigenvalue weighted by molar-refractivity contribution is 5.37. The molecule has 140 valence electrons. The molecule has 0 saturated carbocycles. The normalized spacial score (nSPS) is 20.2. The van der Waals surface area contributed by atoms with E-state index in [2.05, 4.69) is 45.9 Å². The van der Waals surface area contributed by atoms with Crippen LogP contribution in [0.15, 0.2) is 58.7 Å². The maximum absolute atomic E-state index is 8.84. The molecule has 3 heteroatoms. The van der Waals surface area contributed by atoms with E-state index in [1.165, 1.54) is 36.0 Å². The maximum Gasteiger partial charge on any atom is 0.275 e. The molecule has 0 bridgehead atoms. The molecule has 0 unspecified atom stereocenters. The molecule has 0 aromatic rings. The van der Waals surface area contributed by atoms with Crippen molar-refractivity contribution in [1.82, 2.24) is 0 Å². The van der Waals surface area contributed by atoms with E-state index in [1.807, 2.05) is 25.2 Å². The van der Waals surface area contributed by atoms with E-state index in [-0.39, 0.29) is 11.8 Å². The lowest BCUT2D eigenvalue weighted by molar-refractivity contribution is -0.313. The lowest BCUT2D eigenvalue weighted by Crippen LogP contribution is -2.26. The van der Waals surface area contributed by atoms with Gasteiger partial charge in [-0.15, -0.1) is 0 Å². The summed E-state index contributed by atoms with van der Waals surface area (Å²) in [5, 5.41) is 26.5. The molecule has 0 radical (unpaired) electrons. The van der Waals surface area contributed by atoms with Gasteiger partial charge in [-0.1, -0.05) is 67.0 Å².